The predicted octanol–water partition coefficient (Wildman–Crippen LogP) is 0.613. The van der Waals surface area contributed by atoms with E-state index >= 15 is 0 Å². The van der Waals surface area contributed by atoms with Crippen LogP contribution in [0.1, 0.15) is 0 Å². The van der Waals surface area contributed by atoms with E-state index in [1.54, 1.807) is 12.4 Å². The van der Waals surface area contributed by atoms with Crippen LogP contribution in [-0.4, -0.2) is 12.4 Å². The quantitative estimate of drug-likeness (QED) is 0.407. The summed E-state index contributed by atoms with van der Waals surface area (Å²) in [6, 6.07) is 0. The molecule has 0 aromatic rings. The molecule has 1 rings (SSSR count). The number of hydrogen-bond donors (Lipinski definition) is 0. The lowest BCUT2D eigenvalue weighted by molar-refractivity contribution is 1.29. The van der Waals surface area contributed by atoms with Gasteiger partial charge in [0.05, 0.1) is 12.4 Å². The van der Waals surface area contributed by atoms with Crippen molar-refractivity contribution in [2.75, 3.05) is 0 Å². The van der Waals surface area contributed by atoms with E-state index in [9.17, 15) is 0 Å². The molecule has 0 atom stereocenters. The summed E-state index contributed by atoms with van der Waals surface area (Å²) < 4.78 is 0. The topological polar surface area (TPSA) is 24.7 Å². The number of rotatable bonds is 0. The van der Waals surface area contributed by atoms with Crippen molar-refractivity contribution in [2.45, 2.75) is 0 Å². The molecule has 0 amide bonds. The molecular formula is C4H4N2. The summed E-state index contributed by atoms with van der Waals surface area (Å²) in [5.74, 6) is 0. The molecule has 0 aromatic carbocycles. The summed E-state index contributed by atoms with van der Waals surface area (Å²) in [7, 11) is 0. The fourth-order valence-electron chi connectivity index (χ4n) is 0.248. The molecule has 0 radical (unpaired) electrons. The van der Waals surface area contributed by atoms with Crippen molar-refractivity contribution in [3.63, 3.8) is 0 Å². The zero-order valence-corrected chi connectivity index (χ0v) is 3.26. The lowest BCUT2D eigenvalue weighted by Crippen LogP contribution is -1.71. The fraction of sp³-hybridized carbons (Fsp3) is 0. The molecule has 0 aliphatic carbocycles. The molecule has 0 fully saturated rings. The second-order valence-electron chi connectivity index (χ2n) is 1.06. The standard InChI is InChI=1S/C4H4N2/c1-4-2-5-6-3-4/h2-3H,1H2. The van der Waals surface area contributed by atoms with Gasteiger partial charge in [-0.3, -0.25) is 0 Å². The van der Waals surface area contributed by atoms with Gasteiger partial charge in [-0.2, -0.15) is 10.2 Å². The van der Waals surface area contributed by atoms with Crippen molar-refractivity contribution in [1.29, 1.82) is 0 Å². The molecule has 0 spiro atoms. The molecule has 2 heteroatoms. The Hall–Kier alpha value is -0.920. The smallest absolute Gasteiger partial charge is 0.0578 e. The maximum Gasteiger partial charge on any atom is 0.0578 e. The first-order valence-corrected chi connectivity index (χ1v) is 1.65. The van der Waals surface area contributed by atoms with Gasteiger partial charge in [0.2, 0.25) is 0 Å². The number of hydrogen-bond acceptors (Lipinski definition) is 2. The van der Waals surface area contributed by atoms with E-state index in [1.807, 2.05) is 0 Å². The molecule has 30 valence electrons. The van der Waals surface area contributed by atoms with Crippen LogP contribution in [0.15, 0.2) is 22.4 Å². The van der Waals surface area contributed by atoms with Gasteiger partial charge < -0.3 is 0 Å². The Bertz CT molecular complexity index is 108. The summed E-state index contributed by atoms with van der Waals surface area (Å²) in [6.07, 6.45) is 3.22. The molecule has 1 aliphatic heterocycles. The highest BCUT2D eigenvalue weighted by Gasteiger charge is 1.84. The van der Waals surface area contributed by atoms with Gasteiger partial charge in [0.25, 0.3) is 0 Å². The fourth-order valence-corrected chi connectivity index (χ4v) is 0.248. The van der Waals surface area contributed by atoms with E-state index in [0.29, 0.717) is 0 Å². The van der Waals surface area contributed by atoms with Crippen molar-refractivity contribution in [3.8, 4) is 0 Å². The highest BCUT2D eigenvalue weighted by atomic mass is 15.2. The molecule has 0 aromatic heterocycles. The highest BCUT2D eigenvalue weighted by molar-refractivity contribution is 6.05. The van der Waals surface area contributed by atoms with Crippen LogP contribution >= 0.6 is 0 Å². The third kappa shape index (κ3) is 0.360. The first kappa shape index (κ1) is 3.28. The molecule has 0 N–H and O–H groups in total. The Kier molecular flexibility index (Phi) is 0.572. The summed E-state index contributed by atoms with van der Waals surface area (Å²) in [5, 5.41) is 7.02. The number of allylic oxidation sites excluding steroid dienone is 1. The Morgan fingerprint density at radius 1 is 1.33 bits per heavy atom. The SMILES string of the molecule is C=C1C=NN=C1. The van der Waals surface area contributed by atoms with Gasteiger partial charge in [0, 0.05) is 5.57 Å². The lowest BCUT2D eigenvalue weighted by Gasteiger charge is -1.64. The van der Waals surface area contributed by atoms with Gasteiger partial charge in [-0.1, -0.05) is 6.58 Å². The van der Waals surface area contributed by atoms with Crippen molar-refractivity contribution in [1.82, 2.24) is 0 Å². The second kappa shape index (κ2) is 1.05. The number of nitrogens with zero attached hydrogens (tertiary/aromatic N) is 2. The van der Waals surface area contributed by atoms with Crippen LogP contribution in [-0.2, 0) is 0 Å². The van der Waals surface area contributed by atoms with Crippen LogP contribution in [0.25, 0.3) is 0 Å². The molecule has 0 unspecified atom stereocenters. The Morgan fingerprint density at radius 3 is 2.00 bits per heavy atom. The molecule has 1 aliphatic rings. The molecule has 0 bridgehead atoms. The van der Waals surface area contributed by atoms with E-state index in [4.69, 9.17) is 0 Å². The average Bonchev–Trinajstić information content (AvgIpc) is 1.86. The summed E-state index contributed by atoms with van der Waals surface area (Å²) in [6.45, 7) is 3.56. The first-order valence-electron chi connectivity index (χ1n) is 1.65. The van der Waals surface area contributed by atoms with Gasteiger partial charge in [0.15, 0.2) is 0 Å². The van der Waals surface area contributed by atoms with Gasteiger partial charge in [-0.25, -0.2) is 0 Å². The average molecular weight is 80.1 g/mol. The molecule has 0 saturated heterocycles. The van der Waals surface area contributed by atoms with Gasteiger partial charge >= 0.3 is 0 Å². The van der Waals surface area contributed by atoms with E-state index < -0.39 is 0 Å². The molecule has 6 heavy (non-hydrogen) atoms. The molecule has 2 nitrogen and oxygen atoms in total. The van der Waals surface area contributed by atoms with Gasteiger partial charge in [-0.05, 0) is 0 Å². The van der Waals surface area contributed by atoms with E-state index in [2.05, 4.69) is 16.8 Å². The third-order valence-corrected chi connectivity index (χ3v) is 0.514. The molecule has 0 saturated carbocycles. The Balaban J connectivity index is 2.86. The maximum absolute atomic E-state index is 3.56. The van der Waals surface area contributed by atoms with Crippen LogP contribution in [0.3, 0.4) is 0 Å². The van der Waals surface area contributed by atoms with Crippen molar-refractivity contribution in [2.24, 2.45) is 10.2 Å². The van der Waals surface area contributed by atoms with Crippen LogP contribution in [0, 0.1) is 0 Å². The lowest BCUT2D eigenvalue weighted by atomic mass is 10.4. The minimum Gasteiger partial charge on any atom is -0.158 e. The predicted molar refractivity (Wildman–Crippen MR) is 26.1 cm³/mol. The van der Waals surface area contributed by atoms with E-state index in [-0.39, 0.29) is 0 Å². The zero-order chi connectivity index (χ0) is 4.41. The third-order valence-electron chi connectivity index (χ3n) is 0.514. The summed E-state index contributed by atoms with van der Waals surface area (Å²) >= 11 is 0. The molecular weight excluding hydrogens is 76.1 g/mol. The minimum absolute atomic E-state index is 0.870. The van der Waals surface area contributed by atoms with Crippen molar-refractivity contribution < 1.29 is 0 Å². The monoisotopic (exact) mass is 80.0 g/mol. The largest absolute Gasteiger partial charge is 0.158 e. The van der Waals surface area contributed by atoms with Crippen molar-refractivity contribution in [3.05, 3.63) is 12.2 Å². The van der Waals surface area contributed by atoms with Gasteiger partial charge in [-0.15, -0.1) is 0 Å². The van der Waals surface area contributed by atoms with Crippen LogP contribution < -0.4 is 0 Å². The zero-order valence-electron chi connectivity index (χ0n) is 3.26. The molecule has 1 heterocycles. The van der Waals surface area contributed by atoms with E-state index in [1.165, 1.54) is 0 Å². The first-order chi connectivity index (χ1) is 2.89. The maximum atomic E-state index is 3.56. The van der Waals surface area contributed by atoms with Gasteiger partial charge in [0.1, 0.15) is 0 Å². The second-order valence-corrected chi connectivity index (χ2v) is 1.06. The normalized spacial score (nSPS) is 17.0. The Morgan fingerprint density at radius 2 is 1.83 bits per heavy atom. The van der Waals surface area contributed by atoms with Crippen molar-refractivity contribution >= 4 is 12.4 Å². The Labute approximate surface area is 35.9 Å². The van der Waals surface area contributed by atoms with Crippen LogP contribution in [0.5, 0.6) is 0 Å². The highest BCUT2D eigenvalue weighted by Crippen LogP contribution is 1.87. The van der Waals surface area contributed by atoms with E-state index in [0.717, 1.165) is 5.57 Å². The van der Waals surface area contributed by atoms with Crippen LogP contribution in [0.2, 0.25) is 0 Å². The minimum atomic E-state index is 0.870. The summed E-state index contributed by atoms with van der Waals surface area (Å²) in [5.41, 5.74) is 0.870. The van der Waals surface area contributed by atoms with Crippen LogP contribution in [0.4, 0.5) is 0 Å². The summed E-state index contributed by atoms with van der Waals surface area (Å²) in [4.78, 5) is 0.